The number of aromatic amines is 2. The van der Waals surface area contributed by atoms with Gasteiger partial charge in [-0.1, -0.05) is 12.1 Å². The lowest BCUT2D eigenvalue weighted by molar-refractivity contribution is -0.116. The molecule has 0 aliphatic heterocycles. The number of H-pyrrole nitrogens is 2. The summed E-state index contributed by atoms with van der Waals surface area (Å²) in [7, 11) is 0. The first kappa shape index (κ1) is 14.8. The van der Waals surface area contributed by atoms with Crippen molar-refractivity contribution in [2.75, 3.05) is 5.32 Å². The van der Waals surface area contributed by atoms with Crippen molar-refractivity contribution in [3.05, 3.63) is 61.9 Å². The summed E-state index contributed by atoms with van der Waals surface area (Å²) < 4.78 is 0. The average molecular weight is 287 g/mol. The summed E-state index contributed by atoms with van der Waals surface area (Å²) in [6, 6.07) is 7.49. The summed E-state index contributed by atoms with van der Waals surface area (Å²) in [5, 5.41) is 2.78. The van der Waals surface area contributed by atoms with Gasteiger partial charge >= 0.3 is 5.69 Å². The maximum Gasteiger partial charge on any atom is 0.325 e. The first-order chi connectivity index (χ1) is 9.95. The van der Waals surface area contributed by atoms with Crippen LogP contribution in [0.2, 0.25) is 0 Å². The molecular weight excluding hydrogens is 270 g/mol. The molecule has 0 saturated heterocycles. The zero-order valence-corrected chi connectivity index (χ0v) is 11.9. The number of carbonyl (C=O) groups excluding carboxylic acids is 1. The molecule has 1 aromatic heterocycles. The molecule has 0 radical (unpaired) electrons. The minimum absolute atomic E-state index is 0.171. The number of carbonyl (C=O) groups is 1. The lowest BCUT2D eigenvalue weighted by Crippen LogP contribution is -2.27. The fourth-order valence-corrected chi connectivity index (χ4v) is 2.11. The fourth-order valence-electron chi connectivity index (χ4n) is 2.11. The van der Waals surface area contributed by atoms with E-state index in [0.717, 1.165) is 11.3 Å². The van der Waals surface area contributed by atoms with E-state index in [4.69, 9.17) is 0 Å². The van der Waals surface area contributed by atoms with Gasteiger partial charge in [-0.05, 0) is 38.0 Å². The Morgan fingerprint density at radius 2 is 1.95 bits per heavy atom. The molecule has 0 aliphatic rings. The number of aryl methyl sites for hydroxylation is 2. The lowest BCUT2D eigenvalue weighted by Gasteiger charge is -2.07. The van der Waals surface area contributed by atoms with E-state index in [1.165, 1.54) is 0 Å². The van der Waals surface area contributed by atoms with Crippen LogP contribution in [0, 0.1) is 13.8 Å². The Morgan fingerprint density at radius 1 is 1.19 bits per heavy atom. The highest BCUT2D eigenvalue weighted by molar-refractivity contribution is 5.90. The highest BCUT2D eigenvalue weighted by atomic mass is 16.2. The molecule has 21 heavy (non-hydrogen) atoms. The van der Waals surface area contributed by atoms with Crippen LogP contribution in [0.1, 0.15) is 23.2 Å². The Bertz CT molecular complexity index is 774. The van der Waals surface area contributed by atoms with E-state index in [2.05, 4.69) is 15.3 Å². The number of benzene rings is 1. The van der Waals surface area contributed by atoms with Crippen molar-refractivity contribution in [3.63, 3.8) is 0 Å². The molecule has 0 unspecified atom stereocenters. The van der Waals surface area contributed by atoms with Gasteiger partial charge < -0.3 is 10.3 Å². The van der Waals surface area contributed by atoms with Crippen LogP contribution in [0.3, 0.4) is 0 Å². The van der Waals surface area contributed by atoms with Crippen LogP contribution in [-0.4, -0.2) is 15.9 Å². The second kappa shape index (κ2) is 6.21. The Labute approximate surface area is 121 Å². The van der Waals surface area contributed by atoms with E-state index in [-0.39, 0.29) is 18.7 Å². The van der Waals surface area contributed by atoms with E-state index >= 15 is 0 Å². The summed E-state index contributed by atoms with van der Waals surface area (Å²) in [6.45, 7) is 3.59. The summed E-state index contributed by atoms with van der Waals surface area (Å²) in [6.07, 6.45) is 0.444. The summed E-state index contributed by atoms with van der Waals surface area (Å²) in [5.74, 6) is -0.175. The zero-order chi connectivity index (χ0) is 15.4. The first-order valence-corrected chi connectivity index (χ1v) is 6.64. The predicted octanol–water partition coefficient (Wildman–Crippen LogP) is 1.25. The number of anilines is 1. The number of nitrogens with one attached hydrogen (secondary N) is 3. The zero-order valence-electron chi connectivity index (χ0n) is 11.9. The van der Waals surface area contributed by atoms with E-state index < -0.39 is 11.2 Å². The first-order valence-electron chi connectivity index (χ1n) is 6.64. The molecule has 0 atom stereocenters. The maximum atomic E-state index is 11.9. The minimum Gasteiger partial charge on any atom is -0.326 e. The standard InChI is InChI=1S/C15H17N3O3/c1-9-4-3-5-11(8-9)17-13(19)7-6-12-10(2)16-15(21)18-14(12)20/h3-5,8H,6-7H2,1-2H3,(H,17,19)(H2,16,18,20,21). The van der Waals surface area contributed by atoms with Crippen molar-refractivity contribution < 1.29 is 4.79 Å². The molecule has 0 saturated carbocycles. The molecule has 110 valence electrons. The topological polar surface area (TPSA) is 94.8 Å². The molecule has 0 bridgehead atoms. The van der Waals surface area contributed by atoms with Crippen molar-refractivity contribution in [1.29, 1.82) is 0 Å². The SMILES string of the molecule is Cc1cccc(NC(=O)CCc2c(C)[nH]c(=O)[nH]c2=O)c1. The van der Waals surface area contributed by atoms with Gasteiger partial charge in [0.1, 0.15) is 0 Å². The minimum atomic E-state index is -0.537. The second-order valence-corrected chi connectivity index (χ2v) is 4.93. The van der Waals surface area contributed by atoms with E-state index in [1.54, 1.807) is 6.92 Å². The molecule has 6 nitrogen and oxygen atoms in total. The van der Waals surface area contributed by atoms with Gasteiger partial charge in [-0.2, -0.15) is 0 Å². The number of amides is 1. The van der Waals surface area contributed by atoms with Gasteiger partial charge in [0.2, 0.25) is 5.91 Å². The third-order valence-corrected chi connectivity index (χ3v) is 3.16. The molecule has 0 aliphatic carbocycles. The van der Waals surface area contributed by atoms with Crippen molar-refractivity contribution in [3.8, 4) is 0 Å². The van der Waals surface area contributed by atoms with Gasteiger partial charge in [-0.3, -0.25) is 14.6 Å². The summed E-state index contributed by atoms with van der Waals surface area (Å²) in [4.78, 5) is 39.3. The van der Waals surface area contributed by atoms with Gasteiger partial charge in [0.25, 0.3) is 5.56 Å². The monoisotopic (exact) mass is 287 g/mol. The van der Waals surface area contributed by atoms with Gasteiger partial charge in [0, 0.05) is 23.4 Å². The molecule has 0 fully saturated rings. The molecule has 6 heteroatoms. The second-order valence-electron chi connectivity index (χ2n) is 4.93. The number of aromatic nitrogens is 2. The highest BCUT2D eigenvalue weighted by Gasteiger charge is 2.09. The molecule has 2 aromatic rings. The van der Waals surface area contributed by atoms with Crippen LogP contribution in [0.4, 0.5) is 5.69 Å². The quantitative estimate of drug-likeness (QED) is 0.789. The number of hydrogen-bond donors (Lipinski definition) is 3. The lowest BCUT2D eigenvalue weighted by atomic mass is 10.1. The normalized spacial score (nSPS) is 10.4. The van der Waals surface area contributed by atoms with E-state index in [0.29, 0.717) is 11.3 Å². The van der Waals surface area contributed by atoms with Crippen molar-refractivity contribution in [2.24, 2.45) is 0 Å². The summed E-state index contributed by atoms with van der Waals surface area (Å²) in [5.41, 5.74) is 1.72. The summed E-state index contributed by atoms with van der Waals surface area (Å²) >= 11 is 0. The molecule has 1 aromatic carbocycles. The third-order valence-electron chi connectivity index (χ3n) is 3.16. The largest absolute Gasteiger partial charge is 0.326 e. The third kappa shape index (κ3) is 3.92. The Morgan fingerprint density at radius 3 is 2.62 bits per heavy atom. The maximum absolute atomic E-state index is 11.9. The Kier molecular flexibility index (Phi) is 4.37. The highest BCUT2D eigenvalue weighted by Crippen LogP contribution is 2.10. The fraction of sp³-hybridized carbons (Fsp3) is 0.267. The van der Waals surface area contributed by atoms with Gasteiger partial charge in [0.05, 0.1) is 0 Å². The Hall–Kier alpha value is -2.63. The van der Waals surface area contributed by atoms with Crippen LogP contribution in [0.25, 0.3) is 0 Å². The number of hydrogen-bond acceptors (Lipinski definition) is 3. The number of rotatable bonds is 4. The predicted molar refractivity (Wildman–Crippen MR) is 80.6 cm³/mol. The van der Waals surface area contributed by atoms with Gasteiger partial charge in [-0.25, -0.2) is 4.79 Å². The van der Waals surface area contributed by atoms with E-state index in [1.807, 2.05) is 31.2 Å². The van der Waals surface area contributed by atoms with Crippen LogP contribution in [0.15, 0.2) is 33.9 Å². The molecule has 1 heterocycles. The molecule has 3 N–H and O–H groups in total. The Balaban J connectivity index is 2.02. The van der Waals surface area contributed by atoms with Crippen LogP contribution in [-0.2, 0) is 11.2 Å². The molecular formula is C15H17N3O3. The molecule has 1 amide bonds. The van der Waals surface area contributed by atoms with Crippen molar-refractivity contribution in [2.45, 2.75) is 26.7 Å². The van der Waals surface area contributed by atoms with Crippen molar-refractivity contribution >= 4 is 11.6 Å². The van der Waals surface area contributed by atoms with Gasteiger partial charge in [0.15, 0.2) is 0 Å². The van der Waals surface area contributed by atoms with Crippen molar-refractivity contribution in [1.82, 2.24) is 9.97 Å². The average Bonchev–Trinajstić information content (AvgIpc) is 2.37. The van der Waals surface area contributed by atoms with Crippen LogP contribution >= 0.6 is 0 Å². The van der Waals surface area contributed by atoms with Gasteiger partial charge in [-0.15, -0.1) is 0 Å². The van der Waals surface area contributed by atoms with Crippen LogP contribution < -0.4 is 16.6 Å². The molecule has 2 rings (SSSR count). The van der Waals surface area contributed by atoms with Crippen LogP contribution in [0.5, 0.6) is 0 Å². The smallest absolute Gasteiger partial charge is 0.325 e. The molecule has 0 spiro atoms. The van der Waals surface area contributed by atoms with E-state index in [9.17, 15) is 14.4 Å².